The van der Waals surface area contributed by atoms with E-state index in [-0.39, 0.29) is 6.09 Å². The van der Waals surface area contributed by atoms with Gasteiger partial charge in [0.1, 0.15) is 5.60 Å². The third-order valence-corrected chi connectivity index (χ3v) is 4.53. The number of carbonyl (C=O) groups excluding carboxylic acids is 1. The fourth-order valence-corrected chi connectivity index (χ4v) is 3.37. The van der Waals surface area contributed by atoms with Gasteiger partial charge < -0.3 is 9.64 Å². The van der Waals surface area contributed by atoms with Gasteiger partial charge in [-0.1, -0.05) is 13.8 Å². The van der Waals surface area contributed by atoms with E-state index < -0.39 is 5.60 Å². The second kappa shape index (κ2) is 6.74. The summed E-state index contributed by atoms with van der Waals surface area (Å²) in [5.41, 5.74) is 4.78. The second-order valence-electron chi connectivity index (χ2n) is 8.14. The minimum atomic E-state index is -0.497. The molecule has 0 unspecified atom stereocenters. The summed E-state index contributed by atoms with van der Waals surface area (Å²) >= 11 is 0. The quantitative estimate of drug-likeness (QED) is 0.819. The van der Waals surface area contributed by atoms with Crippen LogP contribution in [0, 0.1) is 0 Å². The monoisotopic (exact) mass is 356 g/mol. The number of amides is 1. The Morgan fingerprint density at radius 2 is 2.04 bits per heavy atom. The van der Waals surface area contributed by atoms with Crippen molar-refractivity contribution in [1.29, 1.82) is 0 Å². The van der Waals surface area contributed by atoms with Crippen molar-refractivity contribution in [2.45, 2.75) is 59.1 Å². The number of rotatable bonds is 2. The topological polar surface area (TPSA) is 60.2 Å². The Morgan fingerprint density at radius 3 is 2.69 bits per heavy atom. The van der Waals surface area contributed by atoms with Gasteiger partial charge in [-0.15, -0.1) is 0 Å². The first kappa shape index (κ1) is 18.4. The average molecular weight is 356 g/mol. The van der Waals surface area contributed by atoms with Gasteiger partial charge in [-0.3, -0.25) is 9.67 Å². The van der Waals surface area contributed by atoms with Gasteiger partial charge in [0.05, 0.1) is 17.9 Å². The van der Waals surface area contributed by atoms with Crippen LogP contribution in [0.5, 0.6) is 0 Å². The Balaban J connectivity index is 1.98. The summed E-state index contributed by atoms with van der Waals surface area (Å²) in [5.74, 6) is 0.300. The van der Waals surface area contributed by atoms with Crippen LogP contribution in [0.4, 0.5) is 4.79 Å². The van der Waals surface area contributed by atoms with Crippen LogP contribution in [-0.2, 0) is 24.8 Å². The molecule has 6 heteroatoms. The zero-order chi connectivity index (χ0) is 19.1. The van der Waals surface area contributed by atoms with Crippen molar-refractivity contribution in [2.24, 2.45) is 7.05 Å². The molecular weight excluding hydrogens is 328 g/mol. The SMILES string of the molecule is CC(C)c1ncccc1-c1nn(C)c2c1CN(C(=O)OC(C)(C)C)CC2. The van der Waals surface area contributed by atoms with Gasteiger partial charge in [-0.05, 0) is 38.8 Å². The van der Waals surface area contributed by atoms with Crippen LogP contribution in [0.3, 0.4) is 0 Å². The lowest BCUT2D eigenvalue weighted by molar-refractivity contribution is 0.0223. The molecule has 3 heterocycles. The van der Waals surface area contributed by atoms with Gasteiger partial charge in [0.15, 0.2) is 0 Å². The zero-order valence-electron chi connectivity index (χ0n) is 16.5. The highest BCUT2D eigenvalue weighted by Gasteiger charge is 2.30. The lowest BCUT2D eigenvalue weighted by atomic mass is 9.96. The molecule has 1 aliphatic heterocycles. The Morgan fingerprint density at radius 1 is 1.31 bits per heavy atom. The third kappa shape index (κ3) is 3.59. The van der Waals surface area contributed by atoms with Gasteiger partial charge >= 0.3 is 6.09 Å². The smallest absolute Gasteiger partial charge is 0.410 e. The van der Waals surface area contributed by atoms with Crippen molar-refractivity contribution in [1.82, 2.24) is 19.7 Å². The molecule has 0 bridgehead atoms. The molecule has 1 amide bonds. The van der Waals surface area contributed by atoms with E-state index in [4.69, 9.17) is 9.84 Å². The number of aromatic nitrogens is 3. The van der Waals surface area contributed by atoms with Gasteiger partial charge in [-0.25, -0.2) is 4.79 Å². The third-order valence-electron chi connectivity index (χ3n) is 4.53. The van der Waals surface area contributed by atoms with Crippen LogP contribution in [0.25, 0.3) is 11.3 Å². The molecule has 2 aromatic rings. The largest absolute Gasteiger partial charge is 0.444 e. The molecule has 0 saturated carbocycles. The molecule has 0 radical (unpaired) electrons. The normalized spacial score (nSPS) is 14.5. The van der Waals surface area contributed by atoms with E-state index in [2.05, 4.69) is 24.9 Å². The molecule has 140 valence electrons. The predicted octanol–water partition coefficient (Wildman–Crippen LogP) is 3.90. The zero-order valence-corrected chi connectivity index (χ0v) is 16.5. The molecule has 3 rings (SSSR count). The lowest BCUT2D eigenvalue weighted by Gasteiger charge is -2.30. The van der Waals surface area contributed by atoms with E-state index in [1.165, 1.54) is 5.69 Å². The van der Waals surface area contributed by atoms with Gasteiger partial charge in [0, 0.05) is 43.0 Å². The molecule has 1 aliphatic rings. The molecule has 0 saturated heterocycles. The van der Waals surface area contributed by atoms with Crippen LogP contribution >= 0.6 is 0 Å². The second-order valence-corrected chi connectivity index (χ2v) is 8.14. The standard InChI is InChI=1S/C20H28N4O2/c1-13(2)17-14(8-7-10-21-17)18-15-12-24(19(25)26-20(3,4)5)11-9-16(15)23(6)22-18/h7-8,10,13H,9,11-12H2,1-6H3. The summed E-state index contributed by atoms with van der Waals surface area (Å²) < 4.78 is 7.49. The minimum Gasteiger partial charge on any atom is -0.444 e. The summed E-state index contributed by atoms with van der Waals surface area (Å²) in [4.78, 5) is 18.8. The molecule has 0 fully saturated rings. The summed E-state index contributed by atoms with van der Waals surface area (Å²) in [6.45, 7) is 11.1. The molecule has 6 nitrogen and oxygen atoms in total. The van der Waals surface area contributed by atoms with Crippen molar-refractivity contribution in [3.05, 3.63) is 35.3 Å². The number of pyridine rings is 1. The number of ether oxygens (including phenoxy) is 1. The van der Waals surface area contributed by atoms with Crippen molar-refractivity contribution in [2.75, 3.05) is 6.54 Å². The lowest BCUT2D eigenvalue weighted by Crippen LogP contribution is -2.40. The highest BCUT2D eigenvalue weighted by molar-refractivity contribution is 5.71. The Labute approximate surface area is 155 Å². The maximum atomic E-state index is 12.5. The molecule has 0 aliphatic carbocycles. The number of hydrogen-bond donors (Lipinski definition) is 0. The van der Waals surface area contributed by atoms with Crippen LogP contribution in [0.15, 0.2) is 18.3 Å². The number of aryl methyl sites for hydroxylation is 1. The first-order valence-corrected chi connectivity index (χ1v) is 9.15. The maximum Gasteiger partial charge on any atom is 0.410 e. The van der Waals surface area contributed by atoms with Crippen molar-refractivity contribution in [3.63, 3.8) is 0 Å². The Hall–Kier alpha value is -2.37. The van der Waals surface area contributed by atoms with Crippen molar-refractivity contribution < 1.29 is 9.53 Å². The molecule has 0 aromatic carbocycles. The van der Waals surface area contributed by atoms with E-state index >= 15 is 0 Å². The average Bonchev–Trinajstić information content (AvgIpc) is 2.89. The Kier molecular flexibility index (Phi) is 4.78. The van der Waals surface area contributed by atoms with Crippen LogP contribution in [-0.4, -0.2) is 37.9 Å². The number of nitrogens with zero attached hydrogens (tertiary/aromatic N) is 4. The number of carbonyl (C=O) groups is 1. The van der Waals surface area contributed by atoms with Crippen LogP contribution < -0.4 is 0 Å². The summed E-state index contributed by atoms with van der Waals surface area (Å²) in [7, 11) is 1.97. The van der Waals surface area contributed by atoms with Crippen LogP contribution in [0.2, 0.25) is 0 Å². The van der Waals surface area contributed by atoms with Gasteiger partial charge in [0.25, 0.3) is 0 Å². The maximum absolute atomic E-state index is 12.5. The predicted molar refractivity (Wildman–Crippen MR) is 101 cm³/mol. The summed E-state index contributed by atoms with van der Waals surface area (Å²) in [6.07, 6.45) is 2.32. The molecule has 0 spiro atoms. The van der Waals surface area contributed by atoms with E-state index in [9.17, 15) is 4.79 Å². The highest BCUT2D eigenvalue weighted by atomic mass is 16.6. The highest BCUT2D eigenvalue weighted by Crippen LogP contribution is 2.33. The number of fused-ring (bicyclic) bond motifs is 1. The summed E-state index contributed by atoms with van der Waals surface area (Å²) in [6, 6.07) is 4.01. The van der Waals surface area contributed by atoms with E-state index in [0.717, 1.165) is 28.9 Å². The molecule has 2 aromatic heterocycles. The van der Waals surface area contributed by atoms with Crippen LogP contribution in [0.1, 0.15) is 57.5 Å². The van der Waals surface area contributed by atoms with E-state index in [0.29, 0.717) is 19.0 Å². The van der Waals surface area contributed by atoms with E-state index in [1.807, 2.05) is 44.8 Å². The van der Waals surface area contributed by atoms with E-state index in [1.54, 1.807) is 4.90 Å². The van der Waals surface area contributed by atoms with Gasteiger partial charge in [0.2, 0.25) is 0 Å². The first-order chi connectivity index (χ1) is 12.2. The summed E-state index contributed by atoms with van der Waals surface area (Å²) in [5, 5.41) is 4.77. The fourth-order valence-electron chi connectivity index (χ4n) is 3.37. The number of hydrogen-bond acceptors (Lipinski definition) is 4. The fraction of sp³-hybridized carbons (Fsp3) is 0.550. The van der Waals surface area contributed by atoms with Gasteiger partial charge in [-0.2, -0.15) is 5.10 Å². The molecule has 0 N–H and O–H groups in total. The molecule has 0 atom stereocenters. The molecular formula is C20H28N4O2. The Bertz CT molecular complexity index is 818. The molecule has 26 heavy (non-hydrogen) atoms. The minimum absolute atomic E-state index is 0.270. The van der Waals surface area contributed by atoms with Crippen molar-refractivity contribution >= 4 is 6.09 Å². The first-order valence-electron chi connectivity index (χ1n) is 9.15. The van der Waals surface area contributed by atoms with Crippen molar-refractivity contribution in [3.8, 4) is 11.3 Å².